The maximum atomic E-state index is 12.9. The van der Waals surface area contributed by atoms with Gasteiger partial charge in [0.2, 0.25) is 5.91 Å². The van der Waals surface area contributed by atoms with Crippen molar-refractivity contribution in [1.29, 1.82) is 0 Å². The third-order valence-corrected chi connectivity index (χ3v) is 7.51. The van der Waals surface area contributed by atoms with Gasteiger partial charge >= 0.3 is 0 Å². The van der Waals surface area contributed by atoms with Gasteiger partial charge in [-0.2, -0.15) is 0 Å². The van der Waals surface area contributed by atoms with Crippen LogP contribution in [0.3, 0.4) is 0 Å². The van der Waals surface area contributed by atoms with E-state index < -0.39 is 11.1 Å². The molecule has 0 bridgehead atoms. The van der Waals surface area contributed by atoms with Crippen molar-refractivity contribution in [3.05, 3.63) is 61.0 Å². The fourth-order valence-electron chi connectivity index (χ4n) is 3.80. The van der Waals surface area contributed by atoms with Crippen LogP contribution in [0.4, 0.5) is 4.79 Å². The zero-order valence-corrected chi connectivity index (χ0v) is 22.8. The molecule has 35 heavy (non-hydrogen) atoms. The summed E-state index contributed by atoms with van der Waals surface area (Å²) in [6, 6.07) is 11.1. The average Bonchev–Trinajstić information content (AvgIpc) is 3.45. The van der Waals surface area contributed by atoms with Gasteiger partial charge in [0.1, 0.15) is 13.2 Å². The number of thioether (sulfide) groups is 1. The van der Waals surface area contributed by atoms with Crippen LogP contribution in [0.2, 0.25) is 5.02 Å². The molecule has 2 aliphatic rings. The van der Waals surface area contributed by atoms with Crippen LogP contribution >= 0.6 is 46.0 Å². The number of amides is 3. The van der Waals surface area contributed by atoms with Crippen molar-refractivity contribution in [3.8, 4) is 11.5 Å². The van der Waals surface area contributed by atoms with Crippen molar-refractivity contribution in [2.75, 3.05) is 26.2 Å². The van der Waals surface area contributed by atoms with Crippen LogP contribution in [0.25, 0.3) is 6.08 Å². The Bertz CT molecular complexity index is 1170. The second-order valence-corrected chi connectivity index (χ2v) is 10.6. The molecule has 0 spiro atoms. The number of carbonyl (C=O) groups excluding carboxylic acids is 3. The molecular formula is C25H24ClIN2O5S. The molecule has 4 rings (SSSR count). The highest BCUT2D eigenvalue weighted by Gasteiger charge is 2.37. The topological polar surface area (TPSA) is 76.2 Å². The number of rotatable bonds is 8. The molecule has 2 saturated heterocycles. The molecule has 2 heterocycles. The molecule has 10 heteroatoms. The summed E-state index contributed by atoms with van der Waals surface area (Å²) in [4.78, 5) is 40.8. The Labute approximate surface area is 226 Å². The second kappa shape index (κ2) is 11.7. The lowest BCUT2D eigenvalue weighted by atomic mass is 10.1. The predicted octanol–water partition coefficient (Wildman–Crippen LogP) is 5.58. The summed E-state index contributed by atoms with van der Waals surface area (Å²) >= 11 is 8.96. The maximum Gasteiger partial charge on any atom is 0.294 e. The Hall–Kier alpha value is -2.24. The lowest BCUT2D eigenvalue weighted by Crippen LogP contribution is -2.40. The third-order valence-electron chi connectivity index (χ3n) is 5.55. The van der Waals surface area contributed by atoms with E-state index >= 15 is 0 Å². The minimum Gasteiger partial charge on any atom is -0.490 e. The summed E-state index contributed by atoms with van der Waals surface area (Å²) in [5.74, 6) is 0.497. The number of ether oxygens (including phenoxy) is 2. The molecule has 2 fully saturated rings. The number of benzene rings is 2. The minimum atomic E-state index is -0.455. The Kier molecular flexibility index (Phi) is 8.61. The summed E-state index contributed by atoms with van der Waals surface area (Å²) < 4.78 is 12.7. The van der Waals surface area contributed by atoms with E-state index in [1.165, 1.54) is 0 Å². The van der Waals surface area contributed by atoms with Gasteiger partial charge in [0, 0.05) is 18.1 Å². The van der Waals surface area contributed by atoms with E-state index in [1.54, 1.807) is 17.0 Å². The number of halogens is 2. The van der Waals surface area contributed by atoms with Crippen LogP contribution in [-0.2, 0) is 16.2 Å². The van der Waals surface area contributed by atoms with Crippen LogP contribution in [0.5, 0.6) is 11.5 Å². The molecule has 7 nitrogen and oxygen atoms in total. The molecule has 3 amide bonds. The second-order valence-electron chi connectivity index (χ2n) is 8.03. The van der Waals surface area contributed by atoms with Gasteiger partial charge in [-0.25, -0.2) is 0 Å². The molecule has 0 aliphatic carbocycles. The van der Waals surface area contributed by atoms with Gasteiger partial charge in [-0.05, 0) is 95.6 Å². The minimum absolute atomic E-state index is 0.193. The molecule has 0 N–H and O–H groups in total. The summed E-state index contributed by atoms with van der Waals surface area (Å²) in [7, 11) is 0. The fraction of sp³-hybridized carbons (Fsp3) is 0.320. The quantitative estimate of drug-likeness (QED) is 0.281. The highest BCUT2D eigenvalue weighted by Crippen LogP contribution is 2.38. The van der Waals surface area contributed by atoms with Gasteiger partial charge in [-0.1, -0.05) is 23.7 Å². The first-order valence-corrected chi connectivity index (χ1v) is 13.5. The van der Waals surface area contributed by atoms with Crippen LogP contribution in [-0.4, -0.2) is 53.1 Å². The van der Waals surface area contributed by atoms with Crippen molar-refractivity contribution in [1.82, 2.24) is 9.80 Å². The summed E-state index contributed by atoms with van der Waals surface area (Å²) in [6.07, 6.45) is 3.56. The van der Waals surface area contributed by atoms with E-state index in [-0.39, 0.29) is 17.4 Å². The highest BCUT2D eigenvalue weighted by molar-refractivity contribution is 14.1. The van der Waals surface area contributed by atoms with Crippen LogP contribution < -0.4 is 9.47 Å². The van der Waals surface area contributed by atoms with Crippen LogP contribution in [0.1, 0.15) is 30.9 Å². The van der Waals surface area contributed by atoms with Crippen molar-refractivity contribution < 1.29 is 23.9 Å². The van der Waals surface area contributed by atoms with Gasteiger partial charge in [0.25, 0.3) is 11.1 Å². The molecule has 0 unspecified atom stereocenters. The number of imide groups is 1. The van der Waals surface area contributed by atoms with Crippen molar-refractivity contribution in [3.63, 3.8) is 0 Å². The van der Waals surface area contributed by atoms with E-state index in [2.05, 4.69) is 22.6 Å². The normalized spacial score (nSPS) is 16.9. The first-order valence-electron chi connectivity index (χ1n) is 11.2. The number of nitrogens with zero attached hydrogens (tertiary/aromatic N) is 2. The molecule has 0 aromatic heterocycles. The highest BCUT2D eigenvalue weighted by atomic mass is 127. The molecule has 0 radical (unpaired) electrons. The number of hydrogen-bond donors (Lipinski definition) is 0. The maximum absolute atomic E-state index is 12.9. The van der Waals surface area contributed by atoms with Gasteiger partial charge in [-0.15, -0.1) is 0 Å². The van der Waals surface area contributed by atoms with E-state index in [0.717, 1.165) is 38.6 Å². The standard InChI is InChI=1S/C25H24ClIN2O5S/c1-2-33-20-12-17(11-19(27)23(20)34-15-16-5-7-18(26)8-6-16)13-21-24(31)29(25(32)35-21)14-22(30)28-9-3-4-10-28/h5-8,11-13H,2-4,9-10,14-15H2,1H3/b21-13-. The van der Waals surface area contributed by atoms with Crippen molar-refractivity contribution in [2.45, 2.75) is 26.4 Å². The van der Waals surface area contributed by atoms with E-state index in [0.29, 0.717) is 48.4 Å². The zero-order valence-electron chi connectivity index (χ0n) is 19.1. The molecule has 2 aromatic carbocycles. The van der Waals surface area contributed by atoms with Gasteiger partial charge in [0.15, 0.2) is 11.5 Å². The summed E-state index contributed by atoms with van der Waals surface area (Å²) in [5.41, 5.74) is 1.67. The fourth-order valence-corrected chi connectivity index (χ4v) is 5.55. The first-order chi connectivity index (χ1) is 16.9. The largest absolute Gasteiger partial charge is 0.490 e. The van der Waals surface area contributed by atoms with E-state index in [4.69, 9.17) is 21.1 Å². The lowest BCUT2D eigenvalue weighted by Gasteiger charge is -2.18. The molecule has 0 atom stereocenters. The SMILES string of the molecule is CCOc1cc(/C=C2\SC(=O)N(CC(=O)N3CCCC3)C2=O)cc(I)c1OCc1ccc(Cl)cc1. The molecule has 2 aliphatic heterocycles. The zero-order chi connectivity index (χ0) is 24.9. The molecular weight excluding hydrogens is 603 g/mol. The number of carbonyl (C=O) groups is 3. The average molecular weight is 627 g/mol. The van der Waals surface area contributed by atoms with Gasteiger partial charge in [-0.3, -0.25) is 19.3 Å². The molecule has 0 saturated carbocycles. The Morgan fingerprint density at radius 3 is 2.54 bits per heavy atom. The number of hydrogen-bond acceptors (Lipinski definition) is 6. The van der Waals surface area contributed by atoms with E-state index in [9.17, 15) is 14.4 Å². The van der Waals surface area contributed by atoms with Crippen LogP contribution in [0.15, 0.2) is 41.3 Å². The van der Waals surface area contributed by atoms with Crippen molar-refractivity contribution >= 4 is 69.1 Å². The summed E-state index contributed by atoms with van der Waals surface area (Å²) in [6.45, 7) is 3.79. The smallest absolute Gasteiger partial charge is 0.294 e. The first kappa shape index (κ1) is 25.8. The number of likely N-dealkylation sites (tertiary alicyclic amines) is 1. The molecule has 2 aromatic rings. The van der Waals surface area contributed by atoms with E-state index in [1.807, 2.05) is 37.3 Å². The Morgan fingerprint density at radius 1 is 1.14 bits per heavy atom. The Morgan fingerprint density at radius 2 is 1.86 bits per heavy atom. The predicted molar refractivity (Wildman–Crippen MR) is 145 cm³/mol. The van der Waals surface area contributed by atoms with Crippen LogP contribution in [0, 0.1) is 3.57 Å². The van der Waals surface area contributed by atoms with Gasteiger partial charge in [0.05, 0.1) is 15.1 Å². The third kappa shape index (κ3) is 6.31. The van der Waals surface area contributed by atoms with Gasteiger partial charge < -0.3 is 14.4 Å². The summed E-state index contributed by atoms with van der Waals surface area (Å²) in [5, 5.41) is 0.226. The molecule has 184 valence electrons. The Balaban J connectivity index is 1.51. The monoisotopic (exact) mass is 626 g/mol. The van der Waals surface area contributed by atoms with Crippen molar-refractivity contribution in [2.24, 2.45) is 0 Å². The lowest BCUT2D eigenvalue weighted by molar-refractivity contribution is -0.135.